The minimum absolute atomic E-state index is 0.0323. The summed E-state index contributed by atoms with van der Waals surface area (Å²) in [6.07, 6.45) is 3.27. The van der Waals surface area contributed by atoms with Crippen LogP contribution in [-0.2, 0) is 27.6 Å². The third-order valence-electron chi connectivity index (χ3n) is 5.00. The van der Waals surface area contributed by atoms with Gasteiger partial charge in [-0.05, 0) is 38.8 Å². The summed E-state index contributed by atoms with van der Waals surface area (Å²) in [5, 5.41) is 5.99. The molecule has 0 unspecified atom stereocenters. The Kier molecular flexibility index (Phi) is 5.56. The molecule has 1 aromatic rings. The van der Waals surface area contributed by atoms with Crippen molar-refractivity contribution < 1.29 is 13.2 Å². The molecule has 6 nitrogen and oxygen atoms in total. The van der Waals surface area contributed by atoms with Gasteiger partial charge in [-0.3, -0.25) is 9.69 Å². The van der Waals surface area contributed by atoms with Gasteiger partial charge in [0, 0.05) is 17.3 Å². The van der Waals surface area contributed by atoms with Crippen LogP contribution < -0.4 is 5.32 Å². The minimum atomic E-state index is -2.84. The molecule has 2 saturated heterocycles. The molecule has 0 aliphatic carbocycles. The summed E-state index contributed by atoms with van der Waals surface area (Å²) in [5.41, 5.74) is 1.07. The molecule has 1 N–H and O–H groups in total. The number of nitrogens with zero attached hydrogens (tertiary/aromatic N) is 2. The second-order valence-corrected chi connectivity index (χ2v) is 9.84. The van der Waals surface area contributed by atoms with Gasteiger partial charge < -0.3 is 5.32 Å². The van der Waals surface area contributed by atoms with Crippen molar-refractivity contribution >= 4 is 27.1 Å². The SMILES string of the molecule is CCc1csc(CNC(=O)C2CCN([C@H]3CCS(=O)(=O)C3)CC2)n1. The second-order valence-electron chi connectivity index (χ2n) is 6.67. The molecule has 0 spiro atoms. The van der Waals surface area contributed by atoms with E-state index in [2.05, 4.69) is 22.1 Å². The highest BCUT2D eigenvalue weighted by atomic mass is 32.2. The Morgan fingerprint density at radius 3 is 2.71 bits per heavy atom. The van der Waals surface area contributed by atoms with Crippen LogP contribution in [0.1, 0.15) is 36.9 Å². The number of amides is 1. The van der Waals surface area contributed by atoms with Crippen LogP contribution in [0.15, 0.2) is 5.38 Å². The number of hydrogen-bond acceptors (Lipinski definition) is 6. The molecule has 2 fully saturated rings. The van der Waals surface area contributed by atoms with E-state index in [4.69, 9.17) is 0 Å². The normalized spacial score (nSPS) is 25.0. The number of likely N-dealkylation sites (tertiary alicyclic amines) is 1. The van der Waals surface area contributed by atoms with Gasteiger partial charge in [-0.2, -0.15) is 0 Å². The highest BCUT2D eigenvalue weighted by Crippen LogP contribution is 2.24. The summed E-state index contributed by atoms with van der Waals surface area (Å²) in [6.45, 7) is 4.20. The van der Waals surface area contributed by atoms with Crippen molar-refractivity contribution in [1.82, 2.24) is 15.2 Å². The Balaban J connectivity index is 1.43. The van der Waals surface area contributed by atoms with E-state index in [1.54, 1.807) is 11.3 Å². The number of hydrogen-bond donors (Lipinski definition) is 1. The molecule has 1 aromatic heterocycles. The summed E-state index contributed by atoms with van der Waals surface area (Å²) in [6, 6.07) is 0.154. The van der Waals surface area contributed by atoms with Crippen molar-refractivity contribution in [2.45, 2.75) is 45.2 Å². The Hall–Kier alpha value is -0.990. The van der Waals surface area contributed by atoms with Crippen molar-refractivity contribution in [3.63, 3.8) is 0 Å². The van der Waals surface area contributed by atoms with Gasteiger partial charge >= 0.3 is 0 Å². The standard InChI is InChI=1S/C16H25N3O3S2/c1-2-13-10-23-15(18-13)9-17-16(20)12-3-6-19(7-4-12)14-5-8-24(21,22)11-14/h10,12,14H,2-9,11H2,1H3,(H,17,20)/t14-/m0/s1. The van der Waals surface area contributed by atoms with Gasteiger partial charge in [-0.1, -0.05) is 6.92 Å². The number of carbonyl (C=O) groups is 1. The van der Waals surface area contributed by atoms with Crippen molar-refractivity contribution in [3.8, 4) is 0 Å². The quantitative estimate of drug-likeness (QED) is 0.842. The van der Waals surface area contributed by atoms with Crippen molar-refractivity contribution in [2.75, 3.05) is 24.6 Å². The number of piperidine rings is 1. The Morgan fingerprint density at radius 2 is 2.12 bits per heavy atom. The number of nitrogens with one attached hydrogen (secondary N) is 1. The fourth-order valence-corrected chi connectivity index (χ4v) is 6.07. The van der Waals surface area contributed by atoms with Crippen molar-refractivity contribution in [3.05, 3.63) is 16.1 Å². The maximum Gasteiger partial charge on any atom is 0.223 e. The molecule has 0 aromatic carbocycles. The zero-order valence-electron chi connectivity index (χ0n) is 14.0. The van der Waals surface area contributed by atoms with Gasteiger partial charge in [0.15, 0.2) is 9.84 Å². The molecule has 8 heteroatoms. The van der Waals surface area contributed by atoms with Crippen LogP contribution in [0.3, 0.4) is 0 Å². The van der Waals surface area contributed by atoms with Gasteiger partial charge in [-0.25, -0.2) is 13.4 Å². The molecule has 3 rings (SSSR count). The molecule has 2 aliphatic heterocycles. The summed E-state index contributed by atoms with van der Waals surface area (Å²) < 4.78 is 23.2. The average Bonchev–Trinajstić information content (AvgIpc) is 3.18. The fraction of sp³-hybridized carbons (Fsp3) is 0.750. The van der Waals surface area contributed by atoms with E-state index in [-0.39, 0.29) is 23.6 Å². The van der Waals surface area contributed by atoms with Crippen LogP contribution in [0.5, 0.6) is 0 Å². The summed E-state index contributed by atoms with van der Waals surface area (Å²) in [5.74, 6) is 0.728. The first-order valence-corrected chi connectivity index (χ1v) is 11.3. The molecule has 1 amide bonds. The third-order valence-corrected chi connectivity index (χ3v) is 7.65. The van der Waals surface area contributed by atoms with Crippen LogP contribution in [-0.4, -0.2) is 54.8 Å². The number of aromatic nitrogens is 1. The maximum atomic E-state index is 12.3. The monoisotopic (exact) mass is 371 g/mol. The minimum Gasteiger partial charge on any atom is -0.349 e. The Bertz CT molecular complexity index is 678. The summed E-state index contributed by atoms with van der Waals surface area (Å²) in [4.78, 5) is 19.0. The zero-order valence-corrected chi connectivity index (χ0v) is 15.7. The van der Waals surface area contributed by atoms with E-state index in [9.17, 15) is 13.2 Å². The summed E-state index contributed by atoms with van der Waals surface area (Å²) in [7, 11) is -2.84. The van der Waals surface area contributed by atoms with Crippen LogP contribution in [0.25, 0.3) is 0 Å². The lowest BCUT2D eigenvalue weighted by atomic mass is 9.94. The second kappa shape index (κ2) is 7.49. The molecule has 0 radical (unpaired) electrons. The molecular weight excluding hydrogens is 346 g/mol. The van der Waals surface area contributed by atoms with E-state index in [0.717, 1.165) is 49.5 Å². The van der Waals surface area contributed by atoms with E-state index >= 15 is 0 Å². The average molecular weight is 372 g/mol. The third kappa shape index (κ3) is 4.34. The van der Waals surface area contributed by atoms with Gasteiger partial charge in [-0.15, -0.1) is 11.3 Å². The molecule has 24 heavy (non-hydrogen) atoms. The molecule has 2 aliphatic rings. The first kappa shape index (κ1) is 17.8. The van der Waals surface area contributed by atoms with Gasteiger partial charge in [0.1, 0.15) is 5.01 Å². The maximum absolute atomic E-state index is 12.3. The Morgan fingerprint density at radius 1 is 1.38 bits per heavy atom. The van der Waals surface area contributed by atoms with E-state index in [1.165, 1.54) is 0 Å². The Labute approximate surface area is 147 Å². The van der Waals surface area contributed by atoms with Gasteiger partial charge in [0.2, 0.25) is 5.91 Å². The number of rotatable bonds is 5. The first-order chi connectivity index (χ1) is 11.5. The van der Waals surface area contributed by atoms with Gasteiger partial charge in [0.05, 0.1) is 23.7 Å². The molecule has 1 atom stereocenters. The predicted molar refractivity (Wildman–Crippen MR) is 94.7 cm³/mol. The van der Waals surface area contributed by atoms with Crippen LogP contribution in [0.4, 0.5) is 0 Å². The number of aryl methyl sites for hydroxylation is 1. The molecule has 3 heterocycles. The van der Waals surface area contributed by atoms with E-state index in [1.807, 2.05) is 5.38 Å². The van der Waals surface area contributed by atoms with E-state index in [0.29, 0.717) is 12.3 Å². The fourth-order valence-electron chi connectivity index (χ4n) is 3.49. The predicted octanol–water partition coefficient (Wildman–Crippen LogP) is 1.22. The lowest BCUT2D eigenvalue weighted by molar-refractivity contribution is -0.126. The highest BCUT2D eigenvalue weighted by Gasteiger charge is 2.35. The van der Waals surface area contributed by atoms with E-state index < -0.39 is 9.84 Å². The largest absolute Gasteiger partial charge is 0.349 e. The smallest absolute Gasteiger partial charge is 0.223 e. The number of carbonyl (C=O) groups excluding carboxylic acids is 1. The zero-order chi connectivity index (χ0) is 17.2. The van der Waals surface area contributed by atoms with Crippen molar-refractivity contribution in [1.29, 1.82) is 0 Å². The number of sulfone groups is 1. The lowest BCUT2D eigenvalue weighted by Gasteiger charge is -2.34. The van der Waals surface area contributed by atoms with Gasteiger partial charge in [0.25, 0.3) is 0 Å². The molecular formula is C16H25N3O3S2. The van der Waals surface area contributed by atoms with Crippen LogP contribution >= 0.6 is 11.3 Å². The lowest BCUT2D eigenvalue weighted by Crippen LogP contribution is -2.45. The highest BCUT2D eigenvalue weighted by molar-refractivity contribution is 7.91. The topological polar surface area (TPSA) is 79.4 Å². The number of thiazole rings is 1. The van der Waals surface area contributed by atoms with Crippen molar-refractivity contribution in [2.24, 2.45) is 5.92 Å². The molecule has 0 saturated carbocycles. The molecule has 0 bridgehead atoms. The summed E-state index contributed by atoms with van der Waals surface area (Å²) >= 11 is 1.59. The van der Waals surface area contributed by atoms with Crippen LogP contribution in [0, 0.1) is 5.92 Å². The van der Waals surface area contributed by atoms with Crippen LogP contribution in [0.2, 0.25) is 0 Å². The molecule has 134 valence electrons. The first-order valence-electron chi connectivity index (χ1n) is 8.62.